The van der Waals surface area contributed by atoms with Crippen LogP contribution in [0.3, 0.4) is 0 Å². The second kappa shape index (κ2) is 4.70. The topological polar surface area (TPSA) is 3.24 Å². The van der Waals surface area contributed by atoms with Crippen LogP contribution >= 0.6 is 0 Å². The molecule has 0 spiro atoms. The van der Waals surface area contributed by atoms with Crippen molar-refractivity contribution >= 4 is 5.70 Å². The second-order valence-corrected chi connectivity index (χ2v) is 4.00. The van der Waals surface area contributed by atoms with E-state index in [1.54, 1.807) is 0 Å². The average Bonchev–Trinajstić information content (AvgIpc) is 2.42. The quantitative estimate of drug-likeness (QED) is 0.671. The summed E-state index contributed by atoms with van der Waals surface area (Å²) in [5, 5.41) is 0. The van der Waals surface area contributed by atoms with Gasteiger partial charge in [0, 0.05) is 29.6 Å². The molecule has 0 atom stereocenters. The first kappa shape index (κ1) is 11.8. The third kappa shape index (κ3) is 1.95. The summed E-state index contributed by atoms with van der Waals surface area (Å²) in [4.78, 5) is 1.99. The van der Waals surface area contributed by atoms with Crippen LogP contribution in [-0.2, 0) is 0 Å². The maximum absolute atomic E-state index is 5.42. The molecule has 0 N–H and O–H groups in total. The summed E-state index contributed by atoms with van der Waals surface area (Å²) < 4.78 is 0. The Morgan fingerprint density at radius 2 is 1.72 bits per heavy atom. The van der Waals surface area contributed by atoms with Crippen LogP contribution in [-0.4, -0.2) is 11.9 Å². The zero-order chi connectivity index (χ0) is 13.1. The van der Waals surface area contributed by atoms with Crippen molar-refractivity contribution in [3.8, 4) is 24.7 Å². The van der Waals surface area contributed by atoms with Crippen molar-refractivity contribution in [1.29, 1.82) is 0 Å². The van der Waals surface area contributed by atoms with Crippen LogP contribution in [0, 0.1) is 24.7 Å². The Morgan fingerprint density at radius 3 is 2.28 bits per heavy atom. The summed E-state index contributed by atoms with van der Waals surface area (Å²) in [5.41, 5.74) is 4.65. The Bertz CT molecular complexity index is 628. The van der Waals surface area contributed by atoms with Gasteiger partial charge in [-0.1, -0.05) is 30.6 Å². The molecule has 0 aromatic heterocycles. The van der Waals surface area contributed by atoms with E-state index in [0.717, 1.165) is 28.1 Å². The molecular weight excluding hydrogens is 218 g/mol. The summed E-state index contributed by atoms with van der Waals surface area (Å²) in [6.07, 6.45) is 14.7. The highest BCUT2D eigenvalue weighted by molar-refractivity contribution is 5.72. The van der Waals surface area contributed by atoms with E-state index < -0.39 is 0 Å². The van der Waals surface area contributed by atoms with Crippen molar-refractivity contribution in [2.75, 3.05) is 7.05 Å². The Labute approximate surface area is 108 Å². The largest absolute Gasteiger partial charge is 0.344 e. The number of hydrogen-bond acceptors (Lipinski definition) is 1. The molecule has 0 saturated heterocycles. The van der Waals surface area contributed by atoms with Crippen LogP contribution < -0.4 is 0 Å². The first-order valence-electron chi connectivity index (χ1n) is 5.56. The van der Waals surface area contributed by atoms with Gasteiger partial charge in [0.05, 0.1) is 0 Å². The van der Waals surface area contributed by atoms with E-state index in [9.17, 15) is 0 Å². The number of benzene rings is 1. The normalized spacial score (nSPS) is 14.4. The molecule has 1 heteroatoms. The number of rotatable bonds is 1. The van der Waals surface area contributed by atoms with Crippen molar-refractivity contribution in [2.45, 2.75) is 0 Å². The van der Waals surface area contributed by atoms with Crippen LogP contribution in [0.4, 0.5) is 0 Å². The Hall–Kier alpha value is -2.64. The number of hydrogen-bond donors (Lipinski definition) is 0. The number of nitrogens with zero attached hydrogens (tertiary/aromatic N) is 1. The fourth-order valence-corrected chi connectivity index (χ4v) is 1.85. The van der Waals surface area contributed by atoms with Gasteiger partial charge in [0.15, 0.2) is 0 Å². The van der Waals surface area contributed by atoms with Crippen LogP contribution in [0.25, 0.3) is 5.70 Å². The van der Waals surface area contributed by atoms with Gasteiger partial charge in [0.25, 0.3) is 0 Å². The van der Waals surface area contributed by atoms with Gasteiger partial charge >= 0.3 is 0 Å². The number of allylic oxidation sites excluding steroid dienone is 3. The molecular formula is C17H13N. The SMILES string of the molecule is C#CC1=CC=C(c2ccc(C#C)cc2)N(C)C1=C. The monoisotopic (exact) mass is 231 g/mol. The first-order valence-corrected chi connectivity index (χ1v) is 5.56. The lowest BCUT2D eigenvalue weighted by molar-refractivity contribution is 0.609. The summed E-state index contributed by atoms with van der Waals surface area (Å²) in [6, 6.07) is 7.85. The van der Waals surface area contributed by atoms with Crippen molar-refractivity contribution in [2.24, 2.45) is 0 Å². The molecule has 2 rings (SSSR count). The zero-order valence-electron chi connectivity index (χ0n) is 10.3. The van der Waals surface area contributed by atoms with Gasteiger partial charge in [-0.2, -0.15) is 0 Å². The minimum absolute atomic E-state index is 0.807. The molecule has 1 aromatic carbocycles. The smallest absolute Gasteiger partial charge is 0.0494 e. The molecule has 0 unspecified atom stereocenters. The van der Waals surface area contributed by atoms with E-state index in [2.05, 4.69) is 18.4 Å². The van der Waals surface area contributed by atoms with Gasteiger partial charge < -0.3 is 4.90 Å². The third-order valence-corrected chi connectivity index (χ3v) is 2.99. The summed E-state index contributed by atoms with van der Waals surface area (Å²) in [7, 11) is 1.95. The van der Waals surface area contributed by atoms with Crippen LogP contribution in [0.5, 0.6) is 0 Å². The maximum Gasteiger partial charge on any atom is 0.0494 e. The molecule has 0 aliphatic carbocycles. The van der Waals surface area contributed by atoms with Gasteiger partial charge in [-0.25, -0.2) is 0 Å². The highest BCUT2D eigenvalue weighted by Gasteiger charge is 2.15. The maximum atomic E-state index is 5.42. The van der Waals surface area contributed by atoms with Crippen molar-refractivity contribution in [3.63, 3.8) is 0 Å². The average molecular weight is 231 g/mol. The Morgan fingerprint density at radius 1 is 1.06 bits per heavy atom. The molecule has 18 heavy (non-hydrogen) atoms. The predicted octanol–water partition coefficient (Wildman–Crippen LogP) is 3.03. The zero-order valence-corrected chi connectivity index (χ0v) is 10.3. The van der Waals surface area contributed by atoms with E-state index in [-0.39, 0.29) is 0 Å². The lowest BCUT2D eigenvalue weighted by atomic mass is 10.0. The minimum Gasteiger partial charge on any atom is -0.344 e. The van der Waals surface area contributed by atoms with Crippen molar-refractivity contribution < 1.29 is 0 Å². The standard InChI is InChI=1S/C17H13N/c1-5-14-7-9-16(10-8-14)17-12-11-15(6-2)13(3)18(17)4/h1-2,7-12H,3H2,4H3. The molecule has 86 valence electrons. The van der Waals surface area contributed by atoms with E-state index in [0.29, 0.717) is 0 Å². The van der Waals surface area contributed by atoms with E-state index >= 15 is 0 Å². The molecule has 1 aromatic rings. The van der Waals surface area contributed by atoms with Crippen LogP contribution in [0.15, 0.2) is 54.3 Å². The van der Waals surface area contributed by atoms with Crippen molar-refractivity contribution in [1.82, 2.24) is 4.90 Å². The highest BCUT2D eigenvalue weighted by Crippen LogP contribution is 2.28. The van der Waals surface area contributed by atoms with Gasteiger partial charge in [-0.3, -0.25) is 0 Å². The van der Waals surface area contributed by atoms with Gasteiger partial charge in [-0.05, 0) is 29.8 Å². The third-order valence-electron chi connectivity index (χ3n) is 2.99. The lowest BCUT2D eigenvalue weighted by Gasteiger charge is -2.28. The van der Waals surface area contributed by atoms with E-state index in [1.807, 2.05) is 48.4 Å². The van der Waals surface area contributed by atoms with E-state index in [1.165, 1.54) is 0 Å². The van der Waals surface area contributed by atoms with Crippen LogP contribution in [0.2, 0.25) is 0 Å². The molecule has 0 bridgehead atoms. The second-order valence-electron chi connectivity index (χ2n) is 4.00. The fourth-order valence-electron chi connectivity index (χ4n) is 1.85. The molecule has 0 saturated carbocycles. The Kier molecular flexibility index (Phi) is 3.09. The first-order chi connectivity index (χ1) is 8.67. The molecule has 1 aliphatic rings. The van der Waals surface area contributed by atoms with Gasteiger partial charge in [-0.15, -0.1) is 12.8 Å². The highest BCUT2D eigenvalue weighted by atomic mass is 15.1. The van der Waals surface area contributed by atoms with Gasteiger partial charge in [0.2, 0.25) is 0 Å². The predicted molar refractivity (Wildman–Crippen MR) is 76.2 cm³/mol. The number of likely N-dealkylation sites (N-methyl/N-ethyl adjacent to an activating group) is 1. The molecule has 1 heterocycles. The minimum atomic E-state index is 0.807. The summed E-state index contributed by atoms with van der Waals surface area (Å²) in [6.45, 7) is 4.00. The van der Waals surface area contributed by atoms with Crippen LogP contribution in [0.1, 0.15) is 11.1 Å². The summed E-state index contributed by atoms with van der Waals surface area (Å²) in [5.74, 6) is 5.23. The molecule has 1 aliphatic heterocycles. The molecule has 0 radical (unpaired) electrons. The molecule has 0 amide bonds. The lowest BCUT2D eigenvalue weighted by Crippen LogP contribution is -2.19. The Balaban J connectivity index is 2.42. The molecule has 0 fully saturated rings. The number of terminal acetylenes is 2. The van der Waals surface area contributed by atoms with Crippen molar-refractivity contribution in [3.05, 3.63) is 65.4 Å². The summed E-state index contributed by atoms with van der Waals surface area (Å²) >= 11 is 0. The fraction of sp³-hybridized carbons (Fsp3) is 0.0588. The van der Waals surface area contributed by atoms with E-state index in [4.69, 9.17) is 12.8 Å². The molecule has 1 nitrogen and oxygen atoms in total. The van der Waals surface area contributed by atoms with Gasteiger partial charge in [0.1, 0.15) is 0 Å².